The van der Waals surface area contributed by atoms with Gasteiger partial charge in [-0.1, -0.05) is 24.3 Å². The third kappa shape index (κ3) is 7.11. The van der Waals surface area contributed by atoms with Gasteiger partial charge in [-0.05, 0) is 24.5 Å². The number of hydrogen-bond acceptors (Lipinski definition) is 4. The summed E-state index contributed by atoms with van der Waals surface area (Å²) in [5.41, 5.74) is -0.560. The quantitative estimate of drug-likeness (QED) is 0.188. The van der Waals surface area contributed by atoms with Crippen LogP contribution in [0.2, 0.25) is 0 Å². The number of carbonyl (C=O) groups is 2. The third-order valence-electron chi connectivity index (χ3n) is 5.93. The first-order valence-corrected chi connectivity index (χ1v) is 11.5. The molecule has 0 bridgehead atoms. The number of halogens is 17. The zero-order valence-corrected chi connectivity index (χ0v) is 21.6. The summed E-state index contributed by atoms with van der Waals surface area (Å²) in [5.74, 6) is -58.4. The highest BCUT2D eigenvalue weighted by atomic mass is 19.4. The van der Waals surface area contributed by atoms with Gasteiger partial charge < -0.3 is 20.3 Å². The van der Waals surface area contributed by atoms with E-state index < -0.39 is 96.9 Å². The maximum atomic E-state index is 14.1. The van der Waals surface area contributed by atoms with Crippen LogP contribution in [-0.4, -0.2) is 82.1 Å². The van der Waals surface area contributed by atoms with Crippen LogP contribution in [0.5, 0.6) is 0 Å². The van der Waals surface area contributed by atoms with Gasteiger partial charge in [-0.15, -0.1) is 0 Å². The Hall–Kier alpha value is -3.27. The number of hydrogen-bond donors (Lipinski definition) is 3. The number of carboxylic acids is 1. The highest BCUT2D eigenvalue weighted by Gasteiger charge is 2.95. The van der Waals surface area contributed by atoms with Crippen LogP contribution in [0.3, 0.4) is 0 Å². The fraction of sp³-hybridized carbons (Fsp3) is 0.636. The Morgan fingerprint density at radius 2 is 1.07 bits per heavy atom. The van der Waals surface area contributed by atoms with Crippen molar-refractivity contribution in [1.82, 2.24) is 5.32 Å². The normalized spacial score (nSPS) is 15.8. The molecule has 0 fully saturated rings. The molecule has 0 aliphatic heterocycles. The van der Waals surface area contributed by atoms with Gasteiger partial charge in [0.1, 0.15) is 6.61 Å². The van der Waals surface area contributed by atoms with Gasteiger partial charge in [0.25, 0.3) is 0 Å². The van der Waals surface area contributed by atoms with Gasteiger partial charge in [0.15, 0.2) is 6.04 Å². The lowest BCUT2D eigenvalue weighted by atomic mass is 9.87. The zero-order valence-electron chi connectivity index (χ0n) is 21.6. The van der Waals surface area contributed by atoms with Gasteiger partial charge in [-0.2, -0.15) is 74.6 Å². The molecule has 3 N–H and O–H groups in total. The van der Waals surface area contributed by atoms with E-state index in [2.05, 4.69) is 4.74 Å². The Labute approximate surface area is 239 Å². The Bertz CT molecular complexity index is 1200. The maximum Gasteiger partial charge on any atom is 0.460 e. The van der Waals surface area contributed by atoms with Crippen LogP contribution in [-0.2, 0) is 22.6 Å². The van der Waals surface area contributed by atoms with Crippen molar-refractivity contribution in [3.05, 3.63) is 35.4 Å². The summed E-state index contributed by atoms with van der Waals surface area (Å²) in [7, 11) is 0. The highest BCUT2D eigenvalue weighted by molar-refractivity contribution is 5.80. The van der Waals surface area contributed by atoms with E-state index in [1.54, 1.807) is 5.32 Å². The molecule has 1 aromatic carbocycles. The lowest BCUT2D eigenvalue weighted by Gasteiger charge is -2.42. The molecular formula is C22H18F17NO5. The molecular weight excluding hydrogens is 681 g/mol. The fourth-order valence-electron chi connectivity index (χ4n) is 3.16. The molecule has 0 unspecified atom stereocenters. The minimum Gasteiger partial charge on any atom is -0.480 e. The monoisotopic (exact) mass is 699 g/mol. The maximum absolute atomic E-state index is 14.1. The Morgan fingerprint density at radius 3 is 1.44 bits per heavy atom. The Morgan fingerprint density at radius 1 is 0.689 bits per heavy atom. The molecule has 45 heavy (non-hydrogen) atoms. The molecule has 6 nitrogen and oxygen atoms in total. The second-order valence-electron chi connectivity index (χ2n) is 9.24. The summed E-state index contributed by atoms with van der Waals surface area (Å²) in [4.78, 5) is 22.5. The first-order chi connectivity index (χ1) is 19.8. The van der Waals surface area contributed by atoms with Crippen molar-refractivity contribution in [1.29, 1.82) is 0 Å². The SMILES string of the molecule is C[C@@H](O)[C@H](NC(=O)OCc1ccc(CCC(F)(F)C(F)(F)C(F)(F)C(F)(F)C(F)(F)C(F)(F)C(F)(F)C(F)(F)F)cc1)C(=O)O. The molecule has 0 heterocycles. The number of benzene rings is 1. The molecule has 260 valence electrons. The van der Waals surface area contributed by atoms with Crippen LogP contribution in [0.1, 0.15) is 24.5 Å². The van der Waals surface area contributed by atoms with Gasteiger partial charge in [-0.3, -0.25) is 0 Å². The lowest BCUT2D eigenvalue weighted by Crippen LogP contribution is -2.74. The van der Waals surface area contributed by atoms with Crippen molar-refractivity contribution in [2.45, 2.75) is 86.2 Å². The van der Waals surface area contributed by atoms with Crippen molar-refractivity contribution >= 4 is 12.1 Å². The van der Waals surface area contributed by atoms with Crippen LogP contribution in [0.4, 0.5) is 79.4 Å². The molecule has 0 spiro atoms. The average molecular weight is 699 g/mol. The largest absolute Gasteiger partial charge is 0.480 e. The topological polar surface area (TPSA) is 95.9 Å². The summed E-state index contributed by atoms with van der Waals surface area (Å²) in [6.45, 7) is 0.303. The van der Waals surface area contributed by atoms with Crippen molar-refractivity contribution in [3.63, 3.8) is 0 Å². The average Bonchev–Trinajstić information content (AvgIpc) is 2.88. The molecule has 0 saturated carbocycles. The van der Waals surface area contributed by atoms with E-state index in [9.17, 15) is 89.3 Å². The van der Waals surface area contributed by atoms with E-state index in [-0.39, 0.29) is 5.56 Å². The van der Waals surface area contributed by atoms with E-state index in [4.69, 9.17) is 5.11 Å². The zero-order chi connectivity index (χ0) is 35.8. The van der Waals surface area contributed by atoms with Gasteiger partial charge in [0.05, 0.1) is 6.10 Å². The van der Waals surface area contributed by atoms with E-state index in [0.717, 1.165) is 31.2 Å². The molecule has 0 aliphatic carbocycles. The molecule has 0 aliphatic rings. The van der Waals surface area contributed by atoms with Gasteiger partial charge >= 0.3 is 59.7 Å². The molecule has 2 atom stereocenters. The number of aryl methyl sites for hydroxylation is 1. The van der Waals surface area contributed by atoms with Crippen LogP contribution in [0.25, 0.3) is 0 Å². The summed E-state index contributed by atoms with van der Waals surface area (Å²) in [6, 6.07) is 1.49. The minimum absolute atomic E-state index is 0.0418. The number of aliphatic carboxylic acids is 1. The first kappa shape index (κ1) is 39.8. The summed E-state index contributed by atoms with van der Waals surface area (Å²) < 4.78 is 232. The molecule has 1 amide bonds. The van der Waals surface area contributed by atoms with E-state index >= 15 is 0 Å². The summed E-state index contributed by atoms with van der Waals surface area (Å²) >= 11 is 0. The second-order valence-corrected chi connectivity index (χ2v) is 9.24. The lowest BCUT2D eigenvalue weighted by molar-refractivity contribution is -0.461. The number of alkyl halides is 17. The predicted molar refractivity (Wildman–Crippen MR) is 112 cm³/mol. The van der Waals surface area contributed by atoms with Crippen molar-refractivity contribution < 1.29 is 99.2 Å². The summed E-state index contributed by atoms with van der Waals surface area (Å²) in [6.07, 6.45) is -14.9. The predicted octanol–water partition coefficient (Wildman–Crippen LogP) is 6.69. The van der Waals surface area contributed by atoms with Crippen molar-refractivity contribution in [2.24, 2.45) is 0 Å². The first-order valence-electron chi connectivity index (χ1n) is 11.5. The minimum atomic E-state index is -8.69. The molecule has 0 aromatic heterocycles. The second kappa shape index (κ2) is 12.5. The van der Waals surface area contributed by atoms with E-state index in [0.29, 0.717) is 0 Å². The third-order valence-corrected chi connectivity index (χ3v) is 5.93. The molecule has 23 heteroatoms. The molecule has 1 rings (SSSR count). The van der Waals surface area contributed by atoms with Crippen molar-refractivity contribution in [2.75, 3.05) is 0 Å². The standard InChI is InChI=1S/C22H18F17NO5/c1-9(41)12(13(42)43)40-14(44)45-8-11-4-2-10(3-5-11)6-7-15(23,24)16(25,26)17(27,28)18(29,30)19(31,32)20(33,34)21(35,36)22(37,38)39/h2-5,9,12,41H,6-8H2,1H3,(H,40,44)(H,42,43)/t9-,12+/m1/s1. The van der Waals surface area contributed by atoms with Gasteiger partial charge in [-0.25, -0.2) is 9.59 Å². The van der Waals surface area contributed by atoms with E-state index in [1.807, 2.05) is 0 Å². The number of alkyl carbamates (subject to hydrolysis) is 1. The number of amides is 1. The fourth-order valence-corrected chi connectivity index (χ4v) is 3.16. The van der Waals surface area contributed by atoms with Crippen LogP contribution < -0.4 is 5.32 Å². The number of ether oxygens (including phenoxy) is 1. The van der Waals surface area contributed by atoms with Crippen LogP contribution >= 0.6 is 0 Å². The van der Waals surface area contributed by atoms with Gasteiger partial charge in [0, 0.05) is 6.42 Å². The van der Waals surface area contributed by atoms with Crippen LogP contribution in [0.15, 0.2) is 24.3 Å². The number of carboxylic acid groups (broad SMARTS) is 1. The number of aliphatic hydroxyl groups is 1. The smallest absolute Gasteiger partial charge is 0.460 e. The number of rotatable bonds is 14. The number of nitrogens with one attached hydrogen (secondary N) is 1. The molecule has 1 aromatic rings. The Kier molecular flexibility index (Phi) is 11.0. The van der Waals surface area contributed by atoms with Crippen LogP contribution in [0, 0.1) is 0 Å². The van der Waals surface area contributed by atoms with E-state index in [1.165, 1.54) is 0 Å². The molecule has 0 radical (unpaired) electrons. The highest BCUT2D eigenvalue weighted by Crippen LogP contribution is 2.64. The number of aliphatic hydroxyl groups excluding tert-OH is 1. The number of carbonyl (C=O) groups excluding carboxylic acids is 1. The Balaban J connectivity index is 3.13. The van der Waals surface area contributed by atoms with Crippen molar-refractivity contribution in [3.8, 4) is 0 Å². The summed E-state index contributed by atoms with van der Waals surface area (Å²) in [5, 5.41) is 19.8. The van der Waals surface area contributed by atoms with Gasteiger partial charge in [0.2, 0.25) is 0 Å². The molecule has 0 saturated heterocycles.